The SMILES string of the molecule is C/C=C/Cn1c(-c2ccc(Br)cc2)cs/c1=N\S(=O)(=O)c1cccs1. The van der Waals surface area contributed by atoms with Crippen LogP contribution in [-0.4, -0.2) is 13.0 Å². The van der Waals surface area contributed by atoms with E-state index in [9.17, 15) is 8.42 Å². The predicted molar refractivity (Wildman–Crippen MR) is 107 cm³/mol. The van der Waals surface area contributed by atoms with Crippen molar-refractivity contribution in [1.29, 1.82) is 0 Å². The first-order valence-electron chi connectivity index (χ1n) is 7.41. The molecule has 0 bridgehead atoms. The Balaban J connectivity index is 2.14. The molecule has 4 nitrogen and oxygen atoms in total. The van der Waals surface area contributed by atoms with Crippen LogP contribution in [0.2, 0.25) is 0 Å². The zero-order valence-electron chi connectivity index (χ0n) is 13.3. The van der Waals surface area contributed by atoms with Crippen molar-refractivity contribution in [2.75, 3.05) is 0 Å². The van der Waals surface area contributed by atoms with Crippen molar-refractivity contribution in [3.8, 4) is 11.3 Å². The van der Waals surface area contributed by atoms with Gasteiger partial charge in [-0.25, -0.2) is 0 Å². The maximum atomic E-state index is 12.5. The van der Waals surface area contributed by atoms with Crippen molar-refractivity contribution in [3.05, 3.63) is 68.6 Å². The first kappa shape index (κ1) is 18.3. The third-order valence-electron chi connectivity index (χ3n) is 3.41. The Morgan fingerprint density at radius 3 is 2.60 bits per heavy atom. The van der Waals surface area contributed by atoms with E-state index in [2.05, 4.69) is 20.3 Å². The monoisotopic (exact) mass is 454 g/mol. The van der Waals surface area contributed by atoms with Gasteiger partial charge >= 0.3 is 0 Å². The van der Waals surface area contributed by atoms with Crippen LogP contribution in [0.5, 0.6) is 0 Å². The van der Waals surface area contributed by atoms with Crippen LogP contribution >= 0.6 is 38.6 Å². The lowest BCUT2D eigenvalue weighted by molar-refractivity contribution is 0.597. The van der Waals surface area contributed by atoms with Gasteiger partial charge in [0.15, 0.2) is 0 Å². The molecule has 2 aromatic heterocycles. The average Bonchev–Trinajstić information content (AvgIpc) is 3.24. The van der Waals surface area contributed by atoms with Crippen molar-refractivity contribution >= 4 is 48.6 Å². The molecule has 0 aliphatic heterocycles. The lowest BCUT2D eigenvalue weighted by Crippen LogP contribution is -2.17. The van der Waals surface area contributed by atoms with E-state index in [0.29, 0.717) is 11.3 Å². The molecule has 1 aromatic carbocycles. The third-order valence-corrected chi connectivity index (χ3v) is 7.56. The molecule has 25 heavy (non-hydrogen) atoms. The van der Waals surface area contributed by atoms with E-state index in [-0.39, 0.29) is 4.21 Å². The molecule has 0 atom stereocenters. The zero-order valence-corrected chi connectivity index (χ0v) is 17.3. The van der Waals surface area contributed by atoms with Gasteiger partial charge in [0.1, 0.15) is 4.21 Å². The number of hydrogen-bond donors (Lipinski definition) is 0. The van der Waals surface area contributed by atoms with E-state index >= 15 is 0 Å². The molecule has 0 N–H and O–H groups in total. The Labute approximate surface area is 163 Å². The summed E-state index contributed by atoms with van der Waals surface area (Å²) in [4.78, 5) is 0.462. The van der Waals surface area contributed by atoms with Crippen LogP contribution in [0.25, 0.3) is 11.3 Å². The number of benzene rings is 1. The summed E-state index contributed by atoms with van der Waals surface area (Å²) in [6.45, 7) is 2.50. The van der Waals surface area contributed by atoms with E-state index in [1.165, 1.54) is 22.7 Å². The van der Waals surface area contributed by atoms with E-state index in [1.807, 2.05) is 53.3 Å². The second kappa shape index (κ2) is 7.82. The van der Waals surface area contributed by atoms with Gasteiger partial charge < -0.3 is 4.57 Å². The molecule has 0 amide bonds. The smallest absolute Gasteiger partial charge is 0.294 e. The van der Waals surface area contributed by atoms with Crippen LogP contribution < -0.4 is 4.80 Å². The van der Waals surface area contributed by atoms with Crippen LogP contribution in [0.4, 0.5) is 0 Å². The van der Waals surface area contributed by atoms with Crippen LogP contribution in [-0.2, 0) is 16.6 Å². The van der Waals surface area contributed by atoms with Gasteiger partial charge in [0, 0.05) is 16.4 Å². The van der Waals surface area contributed by atoms with Crippen LogP contribution in [0, 0.1) is 0 Å². The summed E-state index contributed by atoms with van der Waals surface area (Å²) in [5.41, 5.74) is 1.95. The maximum absolute atomic E-state index is 12.5. The minimum absolute atomic E-state index is 0.253. The minimum Gasteiger partial charge on any atom is -0.312 e. The lowest BCUT2D eigenvalue weighted by Gasteiger charge is -2.07. The van der Waals surface area contributed by atoms with Crippen LogP contribution in [0.1, 0.15) is 6.92 Å². The highest BCUT2D eigenvalue weighted by molar-refractivity contribution is 9.10. The first-order valence-corrected chi connectivity index (χ1v) is 11.4. The molecule has 0 fully saturated rings. The topological polar surface area (TPSA) is 51.4 Å². The quantitative estimate of drug-likeness (QED) is 0.514. The Hall–Kier alpha value is -1.48. The van der Waals surface area contributed by atoms with Gasteiger partial charge in [-0.1, -0.05) is 46.3 Å². The first-order chi connectivity index (χ1) is 12.0. The van der Waals surface area contributed by atoms with Gasteiger partial charge in [-0.05, 0) is 36.1 Å². The summed E-state index contributed by atoms with van der Waals surface area (Å²) in [6, 6.07) is 11.2. The second-order valence-electron chi connectivity index (χ2n) is 5.09. The summed E-state index contributed by atoms with van der Waals surface area (Å²) < 4.78 is 32.2. The number of hydrogen-bond acceptors (Lipinski definition) is 4. The summed E-state index contributed by atoms with van der Waals surface area (Å²) >= 11 is 5.93. The van der Waals surface area contributed by atoms with Crippen molar-refractivity contribution in [2.45, 2.75) is 17.7 Å². The fourth-order valence-electron chi connectivity index (χ4n) is 2.20. The summed E-state index contributed by atoms with van der Waals surface area (Å²) in [7, 11) is -3.69. The normalized spacial score (nSPS) is 13.0. The number of allylic oxidation sites excluding steroid dienone is 2. The Morgan fingerprint density at radius 2 is 1.96 bits per heavy atom. The molecule has 2 heterocycles. The highest BCUT2D eigenvalue weighted by Gasteiger charge is 2.15. The highest BCUT2D eigenvalue weighted by atomic mass is 79.9. The Bertz CT molecular complexity index is 1040. The van der Waals surface area contributed by atoms with Gasteiger partial charge in [0.2, 0.25) is 4.80 Å². The van der Waals surface area contributed by atoms with Gasteiger partial charge in [0.05, 0.1) is 5.69 Å². The summed E-state index contributed by atoms with van der Waals surface area (Å²) in [6.07, 6.45) is 3.92. The zero-order chi connectivity index (χ0) is 17.9. The van der Waals surface area contributed by atoms with Gasteiger partial charge in [-0.2, -0.15) is 8.42 Å². The molecule has 0 saturated heterocycles. The number of thiazole rings is 1. The molecule has 0 aliphatic rings. The fourth-order valence-corrected chi connectivity index (χ4v) is 5.57. The second-order valence-corrected chi connectivity index (χ2v) is 9.62. The minimum atomic E-state index is -3.69. The lowest BCUT2D eigenvalue weighted by atomic mass is 10.2. The Morgan fingerprint density at radius 1 is 1.20 bits per heavy atom. The molecule has 0 saturated carbocycles. The number of halogens is 1. The van der Waals surface area contributed by atoms with Gasteiger partial charge in [0.25, 0.3) is 10.0 Å². The molecule has 0 spiro atoms. The molecule has 0 aliphatic carbocycles. The molecule has 3 rings (SSSR count). The standard InChI is InChI=1S/C17H15BrN2O2S3/c1-2-3-10-20-15(13-6-8-14(18)9-7-13)12-24-17(20)19-25(21,22)16-5-4-11-23-16/h2-9,11-12H,10H2,1H3/b3-2+,19-17-. The van der Waals surface area contributed by atoms with Gasteiger partial charge in [-0.3, -0.25) is 0 Å². The van der Waals surface area contributed by atoms with E-state index in [1.54, 1.807) is 17.5 Å². The highest BCUT2D eigenvalue weighted by Crippen LogP contribution is 2.23. The molecular formula is C17H15BrN2O2S3. The summed E-state index contributed by atoms with van der Waals surface area (Å²) in [5.74, 6) is 0. The van der Waals surface area contributed by atoms with Crippen molar-refractivity contribution in [2.24, 2.45) is 4.40 Å². The Kier molecular flexibility index (Phi) is 5.73. The van der Waals surface area contributed by atoms with E-state index in [0.717, 1.165) is 15.7 Å². The predicted octanol–water partition coefficient (Wildman–Crippen LogP) is 4.91. The largest absolute Gasteiger partial charge is 0.312 e. The van der Waals surface area contributed by atoms with Crippen LogP contribution in [0.15, 0.2) is 72.4 Å². The molecule has 130 valence electrons. The van der Waals surface area contributed by atoms with Crippen molar-refractivity contribution < 1.29 is 8.42 Å². The van der Waals surface area contributed by atoms with Crippen molar-refractivity contribution in [1.82, 2.24) is 4.57 Å². The molecule has 0 radical (unpaired) electrons. The maximum Gasteiger partial charge on any atom is 0.294 e. The van der Waals surface area contributed by atoms with E-state index in [4.69, 9.17) is 0 Å². The fraction of sp³-hybridized carbons (Fsp3) is 0.118. The van der Waals surface area contributed by atoms with Crippen LogP contribution in [0.3, 0.4) is 0 Å². The molecule has 3 aromatic rings. The number of rotatable bonds is 5. The average molecular weight is 455 g/mol. The number of nitrogens with zero attached hydrogens (tertiary/aromatic N) is 2. The van der Waals surface area contributed by atoms with Gasteiger partial charge in [-0.15, -0.1) is 27.1 Å². The molecule has 8 heteroatoms. The number of sulfonamides is 1. The summed E-state index contributed by atoms with van der Waals surface area (Å²) in [5, 5.41) is 3.67. The third kappa shape index (κ3) is 4.20. The molecular weight excluding hydrogens is 440 g/mol. The molecule has 0 unspecified atom stereocenters. The van der Waals surface area contributed by atoms with Crippen molar-refractivity contribution in [3.63, 3.8) is 0 Å². The number of aromatic nitrogens is 1. The number of thiophene rings is 1. The van der Waals surface area contributed by atoms with E-state index < -0.39 is 10.0 Å².